The van der Waals surface area contributed by atoms with Crippen LogP contribution in [0.2, 0.25) is 0 Å². The van der Waals surface area contributed by atoms with Crippen LogP contribution in [-0.4, -0.2) is 24.3 Å². The minimum Gasteiger partial charge on any atom is -0.502 e. The molecule has 1 heterocycles. The average Bonchev–Trinajstić information content (AvgIpc) is 3.04. The van der Waals surface area contributed by atoms with Gasteiger partial charge >= 0.3 is 0 Å². The fraction of sp³-hybridized carbons (Fsp3) is 0.425. The van der Waals surface area contributed by atoms with E-state index < -0.39 is 0 Å². The molecular weight excluding hydrogens is 526 g/mol. The van der Waals surface area contributed by atoms with Gasteiger partial charge in [0, 0.05) is 16.4 Å². The number of hydrogen-bond acceptors (Lipinski definition) is 3. The fourth-order valence-electron chi connectivity index (χ4n) is 6.80. The van der Waals surface area contributed by atoms with E-state index in [4.69, 9.17) is 14.5 Å². The van der Waals surface area contributed by atoms with E-state index in [0.29, 0.717) is 0 Å². The van der Waals surface area contributed by atoms with E-state index in [2.05, 4.69) is 126 Å². The summed E-state index contributed by atoms with van der Waals surface area (Å²) in [6.07, 6.45) is 7.39. The highest BCUT2D eigenvalue weighted by molar-refractivity contribution is 5.85. The smallest absolute Gasteiger partial charge is 0.0910 e. The molecule has 0 aliphatic carbocycles. The highest BCUT2D eigenvalue weighted by Crippen LogP contribution is 2.47. The Bertz CT molecular complexity index is 1500. The number of unbranched alkanes of at least 4 members (excludes halogenated alkanes) is 1. The lowest BCUT2D eigenvalue weighted by molar-refractivity contribution is -0.0244. The van der Waals surface area contributed by atoms with Gasteiger partial charge in [-0.2, -0.15) is 0 Å². The van der Waals surface area contributed by atoms with Crippen LogP contribution >= 0.6 is 0 Å². The minimum absolute atomic E-state index is 0.0356. The molecule has 3 nitrogen and oxygen atoms in total. The van der Waals surface area contributed by atoms with Crippen molar-refractivity contribution in [3.63, 3.8) is 0 Å². The van der Waals surface area contributed by atoms with Gasteiger partial charge in [-0.1, -0.05) is 94.8 Å². The summed E-state index contributed by atoms with van der Waals surface area (Å²) >= 11 is 0. The number of para-hydroxylation sites is 1. The number of methoxy groups -OCH3 is 1. The van der Waals surface area contributed by atoms with Crippen molar-refractivity contribution in [1.29, 1.82) is 0 Å². The quantitative estimate of drug-likeness (QED) is 0.140. The van der Waals surface area contributed by atoms with Crippen LogP contribution in [0.1, 0.15) is 85.3 Å². The van der Waals surface area contributed by atoms with Crippen LogP contribution in [-0.2, 0) is 21.3 Å². The molecular formula is C40H51NO2. The Kier molecular flexibility index (Phi) is 11.2. The zero-order chi connectivity index (χ0) is 31.0. The molecule has 3 heteroatoms. The van der Waals surface area contributed by atoms with Crippen molar-refractivity contribution in [2.24, 2.45) is 5.92 Å². The van der Waals surface area contributed by atoms with Crippen LogP contribution in [0.25, 0.3) is 33.3 Å². The molecule has 0 radical (unpaired) electrons. The van der Waals surface area contributed by atoms with Gasteiger partial charge in [0.1, 0.15) is 0 Å². The third kappa shape index (κ3) is 7.21. The van der Waals surface area contributed by atoms with Gasteiger partial charge in [0.2, 0.25) is 0 Å². The maximum Gasteiger partial charge on any atom is 0.0910 e. The number of aromatic nitrogens is 1. The lowest BCUT2D eigenvalue weighted by Crippen LogP contribution is -2.41. The van der Waals surface area contributed by atoms with E-state index in [9.17, 15) is 0 Å². The lowest BCUT2D eigenvalue weighted by Gasteiger charge is -2.43. The number of nitrogens with zero attached hydrogens (tertiary/aromatic N) is 1. The van der Waals surface area contributed by atoms with Crippen LogP contribution in [0, 0.1) is 5.92 Å². The van der Waals surface area contributed by atoms with Gasteiger partial charge in [0.15, 0.2) is 0 Å². The molecule has 4 rings (SSSR count). The largest absolute Gasteiger partial charge is 0.502 e. The van der Waals surface area contributed by atoms with Crippen LogP contribution in [0.5, 0.6) is 0 Å². The van der Waals surface area contributed by atoms with E-state index in [0.717, 1.165) is 49.1 Å². The Labute approximate surface area is 260 Å². The van der Waals surface area contributed by atoms with Crippen molar-refractivity contribution in [2.45, 2.75) is 98.2 Å². The Morgan fingerprint density at radius 1 is 0.860 bits per heavy atom. The molecule has 3 atom stereocenters. The van der Waals surface area contributed by atoms with Gasteiger partial charge in [-0.15, -0.1) is 0 Å². The second kappa shape index (κ2) is 14.8. The van der Waals surface area contributed by atoms with Gasteiger partial charge in [0.25, 0.3) is 0 Å². The zero-order valence-corrected chi connectivity index (χ0v) is 27.6. The number of ether oxygens (including phenoxy) is 2. The molecule has 43 heavy (non-hydrogen) atoms. The summed E-state index contributed by atoms with van der Waals surface area (Å²) in [7, 11) is 1.71. The predicted molar refractivity (Wildman–Crippen MR) is 183 cm³/mol. The molecule has 3 unspecified atom stereocenters. The van der Waals surface area contributed by atoms with Crippen LogP contribution in [0.15, 0.2) is 90.7 Å². The molecule has 3 aromatic carbocycles. The molecule has 228 valence electrons. The molecule has 4 aromatic rings. The summed E-state index contributed by atoms with van der Waals surface area (Å²) in [6, 6.07) is 28.8. The summed E-state index contributed by atoms with van der Waals surface area (Å²) in [5.74, 6) is 1.15. The van der Waals surface area contributed by atoms with Gasteiger partial charge in [-0.05, 0) is 98.9 Å². The van der Waals surface area contributed by atoms with Crippen molar-refractivity contribution in [3.05, 3.63) is 102 Å². The van der Waals surface area contributed by atoms with Gasteiger partial charge in [-0.3, -0.25) is 0 Å². The Balaban J connectivity index is 1.94. The summed E-state index contributed by atoms with van der Waals surface area (Å²) in [6.45, 7) is 15.6. The monoisotopic (exact) mass is 577 g/mol. The summed E-state index contributed by atoms with van der Waals surface area (Å²) in [4.78, 5) is 5.42. The molecule has 0 bridgehead atoms. The first kappa shape index (κ1) is 32.5. The first-order chi connectivity index (χ1) is 20.8. The summed E-state index contributed by atoms with van der Waals surface area (Å²) in [5.41, 5.74) is 8.48. The fourth-order valence-corrected chi connectivity index (χ4v) is 6.80. The molecule has 1 aromatic heterocycles. The van der Waals surface area contributed by atoms with E-state index in [1.807, 2.05) is 6.92 Å². The summed E-state index contributed by atoms with van der Waals surface area (Å²) in [5, 5.41) is 1.21. The topological polar surface area (TPSA) is 31.4 Å². The first-order valence-corrected chi connectivity index (χ1v) is 16.2. The lowest BCUT2D eigenvalue weighted by atomic mass is 9.63. The number of fused-ring (bicyclic) bond motifs is 1. The Hall–Kier alpha value is -3.43. The number of allylic oxidation sites excluding steroid dienone is 1. The molecule has 0 saturated heterocycles. The van der Waals surface area contributed by atoms with Gasteiger partial charge in [0.05, 0.1) is 36.3 Å². The molecule has 0 aliphatic rings. The second-order valence-corrected chi connectivity index (χ2v) is 12.1. The van der Waals surface area contributed by atoms with Crippen LogP contribution < -0.4 is 0 Å². The molecule has 0 fully saturated rings. The maximum absolute atomic E-state index is 6.62. The molecule has 0 spiro atoms. The van der Waals surface area contributed by atoms with E-state index >= 15 is 0 Å². The highest BCUT2D eigenvalue weighted by atomic mass is 16.5. The molecule has 0 aliphatic heterocycles. The zero-order valence-electron chi connectivity index (χ0n) is 27.6. The van der Waals surface area contributed by atoms with Crippen LogP contribution in [0.4, 0.5) is 0 Å². The SMILES string of the molecule is CCCCc1cc2ccccc2nc1-c1cc(-c2ccccc2)ccc1C(CC)(CC)C(C)C(C)OC(C)C=C(C)OC. The maximum atomic E-state index is 6.62. The number of rotatable bonds is 14. The van der Waals surface area contributed by atoms with E-state index in [-0.39, 0.29) is 23.5 Å². The summed E-state index contributed by atoms with van der Waals surface area (Å²) < 4.78 is 12.0. The van der Waals surface area contributed by atoms with Crippen molar-refractivity contribution in [3.8, 4) is 22.4 Å². The van der Waals surface area contributed by atoms with Crippen molar-refractivity contribution < 1.29 is 9.47 Å². The van der Waals surface area contributed by atoms with Crippen LogP contribution in [0.3, 0.4) is 0 Å². The number of benzene rings is 3. The normalized spacial score (nSPS) is 14.5. The van der Waals surface area contributed by atoms with Crippen molar-refractivity contribution in [2.75, 3.05) is 7.11 Å². The number of aryl methyl sites for hydroxylation is 1. The van der Waals surface area contributed by atoms with E-state index in [1.54, 1.807) is 7.11 Å². The third-order valence-corrected chi connectivity index (χ3v) is 9.58. The van der Waals surface area contributed by atoms with E-state index in [1.165, 1.54) is 33.2 Å². The Morgan fingerprint density at radius 3 is 2.23 bits per heavy atom. The standard InChI is InChI=1S/C40H51NO2/c1-9-12-18-35-26-34-21-16-17-22-38(34)41-39(35)36-27-33(32-19-14-13-15-20-32)23-24-37(36)40(10-2,11-3)30(6)31(7)43-29(5)25-28(4)42-8/h13-17,19-27,29-31H,9-12,18H2,1-8H3. The number of pyridine rings is 1. The highest BCUT2D eigenvalue weighted by Gasteiger charge is 2.40. The third-order valence-electron chi connectivity index (χ3n) is 9.58. The van der Waals surface area contributed by atoms with Gasteiger partial charge in [-0.25, -0.2) is 4.98 Å². The van der Waals surface area contributed by atoms with Crippen molar-refractivity contribution >= 4 is 10.9 Å². The molecule has 0 amide bonds. The number of hydrogen-bond donors (Lipinski definition) is 0. The Morgan fingerprint density at radius 2 is 1.56 bits per heavy atom. The van der Waals surface area contributed by atoms with Crippen molar-refractivity contribution in [1.82, 2.24) is 4.98 Å². The molecule has 0 N–H and O–H groups in total. The van der Waals surface area contributed by atoms with Gasteiger partial charge < -0.3 is 9.47 Å². The first-order valence-electron chi connectivity index (χ1n) is 16.2. The second-order valence-electron chi connectivity index (χ2n) is 12.1. The molecule has 0 saturated carbocycles. The minimum atomic E-state index is -0.0982. The predicted octanol–water partition coefficient (Wildman–Crippen LogP) is 10.9. The average molecular weight is 578 g/mol.